The molecule has 0 saturated heterocycles. The molecule has 0 atom stereocenters. The summed E-state index contributed by atoms with van der Waals surface area (Å²) in [5, 5.41) is 15.2. The van der Waals surface area contributed by atoms with Crippen LogP contribution in [0, 0.1) is 0 Å². The molecular weight excluding hydrogens is 266 g/mol. The van der Waals surface area contributed by atoms with Crippen molar-refractivity contribution in [1.82, 2.24) is 9.78 Å². The molecule has 3 rings (SSSR count). The van der Waals surface area contributed by atoms with E-state index in [0.29, 0.717) is 18.7 Å². The SMILES string of the molecule is CC(C)(O)CCn1ncc2cc(N)c(-c3ccoc3)cc21. The first-order valence-electron chi connectivity index (χ1n) is 6.94. The lowest BCUT2D eigenvalue weighted by Gasteiger charge is -2.17. The van der Waals surface area contributed by atoms with Crippen LogP contribution in [-0.4, -0.2) is 20.5 Å². The van der Waals surface area contributed by atoms with Crippen molar-refractivity contribution in [2.75, 3.05) is 5.73 Å². The van der Waals surface area contributed by atoms with Crippen molar-refractivity contribution in [3.8, 4) is 11.1 Å². The molecule has 0 saturated carbocycles. The highest BCUT2D eigenvalue weighted by atomic mass is 16.3. The molecule has 110 valence electrons. The number of fused-ring (bicyclic) bond motifs is 1. The highest BCUT2D eigenvalue weighted by molar-refractivity contribution is 5.91. The van der Waals surface area contributed by atoms with Gasteiger partial charge >= 0.3 is 0 Å². The first kappa shape index (κ1) is 13.7. The number of aliphatic hydroxyl groups is 1. The van der Waals surface area contributed by atoms with Crippen LogP contribution in [0.4, 0.5) is 5.69 Å². The lowest BCUT2D eigenvalue weighted by atomic mass is 10.0. The van der Waals surface area contributed by atoms with E-state index >= 15 is 0 Å². The van der Waals surface area contributed by atoms with Gasteiger partial charge in [-0.05, 0) is 38.5 Å². The van der Waals surface area contributed by atoms with Crippen molar-refractivity contribution < 1.29 is 9.52 Å². The fourth-order valence-electron chi connectivity index (χ4n) is 2.37. The maximum Gasteiger partial charge on any atom is 0.0981 e. The summed E-state index contributed by atoms with van der Waals surface area (Å²) >= 11 is 0. The van der Waals surface area contributed by atoms with Gasteiger partial charge in [0.25, 0.3) is 0 Å². The monoisotopic (exact) mass is 285 g/mol. The second-order valence-corrected chi connectivity index (χ2v) is 5.94. The topological polar surface area (TPSA) is 77.2 Å². The summed E-state index contributed by atoms with van der Waals surface area (Å²) in [6.07, 6.45) is 5.74. The second kappa shape index (κ2) is 4.93. The summed E-state index contributed by atoms with van der Waals surface area (Å²) < 4.78 is 7.03. The maximum atomic E-state index is 9.86. The lowest BCUT2D eigenvalue weighted by molar-refractivity contribution is 0.0655. The van der Waals surface area contributed by atoms with Crippen LogP contribution < -0.4 is 5.73 Å². The van der Waals surface area contributed by atoms with Crippen LogP contribution in [0.15, 0.2) is 41.3 Å². The third kappa shape index (κ3) is 2.78. The normalized spacial score (nSPS) is 12.1. The molecule has 0 spiro atoms. The molecular formula is C16H19N3O2. The molecule has 0 aliphatic carbocycles. The zero-order chi connectivity index (χ0) is 15.0. The van der Waals surface area contributed by atoms with Crippen molar-refractivity contribution in [2.45, 2.75) is 32.4 Å². The Morgan fingerprint density at radius 2 is 2.19 bits per heavy atom. The number of hydrogen-bond acceptors (Lipinski definition) is 4. The summed E-state index contributed by atoms with van der Waals surface area (Å²) in [5.41, 5.74) is 8.99. The van der Waals surface area contributed by atoms with Crippen molar-refractivity contribution in [1.29, 1.82) is 0 Å². The average molecular weight is 285 g/mol. The zero-order valence-corrected chi connectivity index (χ0v) is 12.2. The number of aryl methyl sites for hydroxylation is 1. The molecule has 0 amide bonds. The fraction of sp³-hybridized carbons (Fsp3) is 0.312. The largest absolute Gasteiger partial charge is 0.472 e. The molecule has 5 heteroatoms. The maximum absolute atomic E-state index is 9.86. The summed E-state index contributed by atoms with van der Waals surface area (Å²) in [7, 11) is 0. The number of nitrogens with zero attached hydrogens (tertiary/aromatic N) is 2. The third-order valence-corrected chi connectivity index (χ3v) is 3.58. The van der Waals surface area contributed by atoms with E-state index in [1.165, 1.54) is 0 Å². The van der Waals surface area contributed by atoms with Gasteiger partial charge in [-0.2, -0.15) is 5.10 Å². The van der Waals surface area contributed by atoms with E-state index in [1.807, 2.05) is 22.9 Å². The first-order valence-corrected chi connectivity index (χ1v) is 6.94. The minimum absolute atomic E-state index is 0.634. The van der Waals surface area contributed by atoms with Gasteiger partial charge in [-0.15, -0.1) is 0 Å². The Labute approximate surface area is 123 Å². The molecule has 3 N–H and O–H groups in total. The summed E-state index contributed by atoms with van der Waals surface area (Å²) in [4.78, 5) is 0. The molecule has 0 unspecified atom stereocenters. The Morgan fingerprint density at radius 1 is 1.38 bits per heavy atom. The van der Waals surface area contributed by atoms with Crippen molar-refractivity contribution in [3.05, 3.63) is 36.9 Å². The van der Waals surface area contributed by atoms with Crippen LogP contribution >= 0.6 is 0 Å². The second-order valence-electron chi connectivity index (χ2n) is 5.94. The minimum Gasteiger partial charge on any atom is -0.472 e. The van der Waals surface area contributed by atoms with E-state index in [4.69, 9.17) is 10.2 Å². The van der Waals surface area contributed by atoms with Gasteiger partial charge in [0.15, 0.2) is 0 Å². The molecule has 2 heterocycles. The van der Waals surface area contributed by atoms with Crippen LogP contribution in [0.1, 0.15) is 20.3 Å². The molecule has 3 aromatic rings. The highest BCUT2D eigenvalue weighted by Gasteiger charge is 2.15. The van der Waals surface area contributed by atoms with Crippen molar-refractivity contribution >= 4 is 16.6 Å². The Balaban J connectivity index is 2.02. The number of aromatic nitrogens is 2. The number of anilines is 1. The molecule has 2 aromatic heterocycles. The van der Waals surface area contributed by atoms with E-state index in [1.54, 1.807) is 32.6 Å². The molecule has 0 fully saturated rings. The van der Waals surface area contributed by atoms with Crippen LogP contribution in [0.2, 0.25) is 0 Å². The minimum atomic E-state index is -0.709. The molecule has 21 heavy (non-hydrogen) atoms. The predicted octanol–water partition coefficient (Wildman–Crippen LogP) is 3.04. The molecule has 0 aliphatic rings. The number of hydrogen-bond donors (Lipinski definition) is 2. The van der Waals surface area contributed by atoms with Gasteiger partial charge in [-0.3, -0.25) is 4.68 Å². The molecule has 0 aliphatic heterocycles. The highest BCUT2D eigenvalue weighted by Crippen LogP contribution is 2.31. The third-order valence-electron chi connectivity index (χ3n) is 3.58. The fourth-order valence-corrected chi connectivity index (χ4v) is 2.37. The Hall–Kier alpha value is -2.27. The molecule has 5 nitrogen and oxygen atoms in total. The Morgan fingerprint density at radius 3 is 2.86 bits per heavy atom. The van der Waals surface area contributed by atoms with Gasteiger partial charge in [0, 0.05) is 28.7 Å². The van der Waals surface area contributed by atoms with E-state index in [9.17, 15) is 5.11 Å². The molecule has 1 aromatic carbocycles. The van der Waals surface area contributed by atoms with Crippen LogP contribution in [-0.2, 0) is 6.54 Å². The predicted molar refractivity (Wildman–Crippen MR) is 82.8 cm³/mol. The molecule has 0 radical (unpaired) electrons. The van der Waals surface area contributed by atoms with Crippen LogP contribution in [0.3, 0.4) is 0 Å². The number of furan rings is 1. The van der Waals surface area contributed by atoms with E-state index in [-0.39, 0.29) is 0 Å². The number of nitrogen functional groups attached to an aromatic ring is 1. The Kier molecular flexibility index (Phi) is 3.22. The smallest absolute Gasteiger partial charge is 0.0981 e. The van der Waals surface area contributed by atoms with E-state index < -0.39 is 5.60 Å². The number of rotatable bonds is 4. The van der Waals surface area contributed by atoms with Gasteiger partial charge in [-0.1, -0.05) is 0 Å². The number of nitrogens with two attached hydrogens (primary N) is 1. The van der Waals surface area contributed by atoms with Gasteiger partial charge < -0.3 is 15.3 Å². The summed E-state index contributed by atoms with van der Waals surface area (Å²) in [5.74, 6) is 0. The standard InChI is InChI=1S/C16H19N3O2/c1-16(2,20)4-5-19-15-8-13(11-3-6-21-10-11)14(17)7-12(15)9-18-19/h3,6-10,20H,4-5,17H2,1-2H3. The van der Waals surface area contributed by atoms with Crippen molar-refractivity contribution in [2.24, 2.45) is 0 Å². The van der Waals surface area contributed by atoms with Crippen LogP contribution in [0.25, 0.3) is 22.0 Å². The summed E-state index contributed by atoms with van der Waals surface area (Å²) in [6, 6.07) is 5.83. The quantitative estimate of drug-likeness (QED) is 0.722. The first-order chi connectivity index (χ1) is 9.94. The number of benzene rings is 1. The average Bonchev–Trinajstić information content (AvgIpc) is 3.03. The Bertz CT molecular complexity index is 752. The van der Waals surface area contributed by atoms with Gasteiger partial charge in [0.1, 0.15) is 0 Å². The van der Waals surface area contributed by atoms with Gasteiger partial charge in [-0.25, -0.2) is 0 Å². The van der Waals surface area contributed by atoms with Crippen molar-refractivity contribution in [3.63, 3.8) is 0 Å². The lowest BCUT2D eigenvalue weighted by Crippen LogP contribution is -2.21. The van der Waals surface area contributed by atoms with E-state index in [0.717, 1.165) is 22.0 Å². The van der Waals surface area contributed by atoms with Gasteiger partial charge in [0.2, 0.25) is 0 Å². The van der Waals surface area contributed by atoms with Crippen LogP contribution in [0.5, 0.6) is 0 Å². The molecule has 0 bridgehead atoms. The summed E-state index contributed by atoms with van der Waals surface area (Å²) in [6.45, 7) is 4.25. The van der Waals surface area contributed by atoms with E-state index in [2.05, 4.69) is 5.10 Å². The zero-order valence-electron chi connectivity index (χ0n) is 12.2. The van der Waals surface area contributed by atoms with Gasteiger partial charge in [0.05, 0.1) is 29.8 Å².